The zero-order valence-corrected chi connectivity index (χ0v) is 31.7. The van der Waals surface area contributed by atoms with E-state index in [2.05, 4.69) is 4.98 Å². The van der Waals surface area contributed by atoms with Crippen molar-refractivity contribution >= 4 is 22.6 Å². The van der Waals surface area contributed by atoms with E-state index in [0.717, 1.165) is 4.57 Å². The quantitative estimate of drug-likeness (QED) is 0.263. The van der Waals surface area contributed by atoms with E-state index in [4.69, 9.17) is 18.9 Å². The van der Waals surface area contributed by atoms with Crippen LogP contribution >= 0.6 is 0 Å². The van der Waals surface area contributed by atoms with Crippen LogP contribution in [0.25, 0.3) is 11.0 Å². The Labute approximate surface area is 309 Å². The molecule has 0 amide bonds. The molecule has 54 heavy (non-hydrogen) atoms. The van der Waals surface area contributed by atoms with Gasteiger partial charge < -0.3 is 28.6 Å². The van der Waals surface area contributed by atoms with Gasteiger partial charge in [-0.1, -0.05) is 19.9 Å². The number of hydrogen-bond donors (Lipinski definition) is 1. The lowest BCUT2D eigenvalue weighted by atomic mass is 9.43. The smallest absolute Gasteiger partial charge is 0.347 e. The number of benzene rings is 2. The molecule has 2 aliphatic carbocycles. The number of aryl methyl sites for hydroxylation is 2. The molecule has 1 fully saturated rings. The molecule has 0 unspecified atom stereocenters. The lowest BCUT2D eigenvalue weighted by molar-refractivity contribution is -0.151. The Kier molecular flexibility index (Phi) is 8.54. The summed E-state index contributed by atoms with van der Waals surface area (Å²) in [7, 11) is 7.47. The minimum Gasteiger partial charge on any atom is -0.508 e. The predicted octanol–water partition coefficient (Wildman–Crippen LogP) is 3.21. The summed E-state index contributed by atoms with van der Waals surface area (Å²) >= 11 is 0. The van der Waals surface area contributed by atoms with Crippen LogP contribution in [0.1, 0.15) is 57.3 Å². The van der Waals surface area contributed by atoms with Crippen molar-refractivity contribution in [3.05, 3.63) is 89.6 Å². The zero-order valence-electron chi connectivity index (χ0n) is 31.7. The normalized spacial score (nSPS) is 23.5. The number of carbonyl (C=O) groups is 2. The van der Waals surface area contributed by atoms with Crippen LogP contribution in [0.5, 0.6) is 28.7 Å². The number of phenols is 1. The van der Waals surface area contributed by atoms with Crippen LogP contribution in [0.15, 0.2) is 61.4 Å². The molecule has 0 bridgehead atoms. The number of aromatic nitrogens is 5. The van der Waals surface area contributed by atoms with Crippen LogP contribution in [0, 0.1) is 10.8 Å². The summed E-state index contributed by atoms with van der Waals surface area (Å²) in [6, 6.07) is 5.33. The molecule has 4 aromatic rings. The molecule has 2 aromatic heterocycles. The lowest BCUT2D eigenvalue weighted by Gasteiger charge is -2.58. The van der Waals surface area contributed by atoms with Crippen LogP contribution in [0.3, 0.4) is 0 Å². The van der Waals surface area contributed by atoms with E-state index in [1.165, 1.54) is 54.5 Å². The summed E-state index contributed by atoms with van der Waals surface area (Å²) in [5, 5.41) is 10.6. The Morgan fingerprint density at radius 2 is 1.43 bits per heavy atom. The van der Waals surface area contributed by atoms with Gasteiger partial charge in [-0.15, -0.1) is 0 Å². The van der Waals surface area contributed by atoms with E-state index in [1.807, 2.05) is 6.08 Å². The Morgan fingerprint density at radius 3 is 2.04 bits per heavy atom. The number of fused-ring (bicyclic) bond motifs is 5. The van der Waals surface area contributed by atoms with Crippen LogP contribution < -0.4 is 35.9 Å². The van der Waals surface area contributed by atoms with Gasteiger partial charge in [0.2, 0.25) is 0 Å². The Bertz CT molecular complexity index is 2530. The van der Waals surface area contributed by atoms with Gasteiger partial charge in [-0.25, -0.2) is 28.5 Å². The standard InChI is InChI=1S/C39H43N5O10/c1-19-20(2)34(47)39(4)32(31-29(53-8)14-21(45)15-30(31)54-9)22-10-13-43-36(49)42(37(50)44(43)26(22)18-38(39,3)33(19)46)12-11-23-35(48)41(5)25-17-28(52-7)27(51-6)16-24(25)40-23/h10,14-17,26,32,45H,11-13,18H2,1-9H3/t26-,32-,38+,39-/m1/s1. The number of nitrogens with zero attached hydrogens (tertiary/aromatic N) is 5. The zero-order chi connectivity index (χ0) is 39.2. The van der Waals surface area contributed by atoms with Crippen LogP contribution in [-0.4, -0.2) is 68.6 Å². The molecule has 0 saturated heterocycles. The maximum atomic E-state index is 14.6. The van der Waals surface area contributed by atoms with E-state index in [0.29, 0.717) is 44.8 Å². The highest BCUT2D eigenvalue weighted by Crippen LogP contribution is 2.68. The van der Waals surface area contributed by atoms with Gasteiger partial charge in [0.1, 0.15) is 22.9 Å². The van der Waals surface area contributed by atoms with Crippen molar-refractivity contribution in [2.75, 3.05) is 28.4 Å². The van der Waals surface area contributed by atoms with Gasteiger partial charge in [0.25, 0.3) is 5.56 Å². The molecule has 2 aromatic carbocycles. The number of carbonyl (C=O) groups excluding carboxylic acids is 2. The Balaban J connectivity index is 1.37. The summed E-state index contributed by atoms with van der Waals surface area (Å²) in [6.07, 6.45) is 1.85. The number of hydrogen-bond acceptors (Lipinski definition) is 11. The second-order valence-corrected chi connectivity index (χ2v) is 14.6. The van der Waals surface area contributed by atoms with Gasteiger partial charge in [0, 0.05) is 61.2 Å². The highest BCUT2D eigenvalue weighted by atomic mass is 16.5. The summed E-state index contributed by atoms with van der Waals surface area (Å²) in [4.78, 5) is 75.6. The Hall–Kier alpha value is -5.86. The maximum Gasteiger partial charge on any atom is 0.347 e. The van der Waals surface area contributed by atoms with Gasteiger partial charge in [-0.3, -0.25) is 14.4 Å². The van der Waals surface area contributed by atoms with Gasteiger partial charge in [0.15, 0.2) is 23.1 Å². The number of rotatable bonds is 8. The number of ketones is 2. The average Bonchev–Trinajstić information content (AvgIpc) is 3.41. The fourth-order valence-electron chi connectivity index (χ4n) is 9.04. The highest BCUT2D eigenvalue weighted by Gasteiger charge is 2.67. The molecule has 3 heterocycles. The SMILES string of the molecule is COc1cc2nc(CCn3c(=O)n4n(c3=O)[C@@H]3C[C@@]5(C)C(=O)C(C)=C(C)C(=O)[C@@]5(C)[C@@H](c5c(OC)cc(O)cc5OC)C3=CC4)c(=O)n(C)c2cc1OC. The summed E-state index contributed by atoms with van der Waals surface area (Å²) in [5.41, 5.74) is -1.45. The van der Waals surface area contributed by atoms with Crippen molar-refractivity contribution in [3.63, 3.8) is 0 Å². The van der Waals surface area contributed by atoms with E-state index in [-0.39, 0.29) is 60.4 Å². The molecular weight excluding hydrogens is 698 g/mol. The number of Topliss-reactive ketones (excluding diaryl/α,β-unsaturated/α-hetero) is 2. The van der Waals surface area contributed by atoms with Crippen molar-refractivity contribution in [1.82, 2.24) is 23.5 Å². The molecule has 15 nitrogen and oxygen atoms in total. The minimum atomic E-state index is -1.38. The number of allylic oxidation sites excluding steroid dienone is 4. The monoisotopic (exact) mass is 741 g/mol. The van der Waals surface area contributed by atoms with Crippen LogP contribution in [-0.2, 0) is 36.1 Å². The first-order chi connectivity index (χ1) is 25.6. The van der Waals surface area contributed by atoms with Crippen molar-refractivity contribution in [3.8, 4) is 28.7 Å². The Morgan fingerprint density at radius 1 is 0.833 bits per heavy atom. The molecule has 15 heteroatoms. The van der Waals surface area contributed by atoms with Crippen LogP contribution in [0.2, 0.25) is 0 Å². The molecule has 1 aliphatic heterocycles. The number of phenolic OH excluding ortho intramolecular Hbond substituents is 1. The first-order valence-electron chi connectivity index (χ1n) is 17.5. The van der Waals surface area contributed by atoms with Crippen molar-refractivity contribution in [2.24, 2.45) is 17.9 Å². The molecule has 4 atom stereocenters. The van der Waals surface area contributed by atoms with Gasteiger partial charge >= 0.3 is 11.4 Å². The van der Waals surface area contributed by atoms with Gasteiger partial charge in [-0.05, 0) is 37.0 Å². The van der Waals surface area contributed by atoms with E-state index in [1.54, 1.807) is 46.9 Å². The number of aromatic hydroxyl groups is 1. The largest absolute Gasteiger partial charge is 0.508 e. The second kappa shape index (κ2) is 12.6. The molecule has 0 spiro atoms. The van der Waals surface area contributed by atoms with E-state index in [9.17, 15) is 29.1 Å². The summed E-state index contributed by atoms with van der Waals surface area (Å²) < 4.78 is 27.6. The lowest BCUT2D eigenvalue weighted by Crippen LogP contribution is -2.61. The van der Waals surface area contributed by atoms with Crippen molar-refractivity contribution in [2.45, 2.75) is 65.6 Å². The number of methoxy groups -OCH3 is 4. The highest BCUT2D eigenvalue weighted by molar-refractivity contribution is 6.17. The third-order valence-corrected chi connectivity index (χ3v) is 12.2. The fourth-order valence-corrected chi connectivity index (χ4v) is 9.04. The summed E-state index contributed by atoms with van der Waals surface area (Å²) in [5.74, 6) is -0.120. The number of ether oxygens (including phenoxy) is 4. The van der Waals surface area contributed by atoms with Crippen LogP contribution in [0.4, 0.5) is 0 Å². The molecule has 0 radical (unpaired) electrons. The molecule has 3 aliphatic rings. The minimum absolute atomic E-state index is 0.00742. The first-order valence-corrected chi connectivity index (χ1v) is 17.5. The summed E-state index contributed by atoms with van der Waals surface area (Å²) in [6.45, 7) is 6.65. The van der Waals surface area contributed by atoms with Gasteiger partial charge in [0.05, 0.1) is 57.5 Å². The van der Waals surface area contributed by atoms with Crippen molar-refractivity contribution < 1.29 is 33.6 Å². The fraction of sp³-hybridized carbons (Fsp3) is 0.436. The van der Waals surface area contributed by atoms with Gasteiger partial charge in [-0.2, -0.15) is 0 Å². The molecule has 7 rings (SSSR count). The van der Waals surface area contributed by atoms with E-state index >= 15 is 0 Å². The van der Waals surface area contributed by atoms with E-state index < -0.39 is 39.7 Å². The molecule has 1 saturated carbocycles. The first kappa shape index (κ1) is 36.5. The average molecular weight is 742 g/mol. The van der Waals surface area contributed by atoms with Crippen molar-refractivity contribution in [1.29, 1.82) is 0 Å². The molecule has 1 N–H and O–H groups in total. The maximum absolute atomic E-state index is 14.6. The third kappa shape index (κ3) is 4.79. The molecule has 284 valence electrons. The molecular formula is C39H43N5O10. The topological polar surface area (TPSA) is 175 Å². The third-order valence-electron chi connectivity index (χ3n) is 12.2. The second-order valence-electron chi connectivity index (χ2n) is 14.6. The predicted molar refractivity (Wildman–Crippen MR) is 197 cm³/mol.